The Morgan fingerprint density at radius 1 is 1.23 bits per heavy atom. The molecule has 0 bridgehead atoms. The fourth-order valence-electron chi connectivity index (χ4n) is 2.51. The number of hydrogen-bond donors (Lipinski definition) is 2. The molecule has 1 atom stereocenters. The van der Waals surface area contributed by atoms with E-state index in [0.29, 0.717) is 17.2 Å². The predicted molar refractivity (Wildman–Crippen MR) is 78.8 cm³/mol. The molecule has 0 aromatic carbocycles. The summed E-state index contributed by atoms with van der Waals surface area (Å²) in [6.07, 6.45) is 9.98. The quantitative estimate of drug-likeness (QED) is 0.865. The van der Waals surface area contributed by atoms with Crippen molar-refractivity contribution in [2.24, 2.45) is 5.73 Å². The molecule has 6 heteroatoms. The molecular formula is C16H13N5O. The van der Waals surface area contributed by atoms with Crippen molar-refractivity contribution in [3.05, 3.63) is 71.5 Å². The lowest BCUT2D eigenvalue weighted by Crippen LogP contribution is -2.36. The minimum atomic E-state index is -0.607. The zero-order valence-corrected chi connectivity index (χ0v) is 11.7. The molecule has 6 nitrogen and oxygen atoms in total. The van der Waals surface area contributed by atoms with Crippen molar-refractivity contribution in [2.45, 2.75) is 12.3 Å². The van der Waals surface area contributed by atoms with Crippen LogP contribution in [0.2, 0.25) is 0 Å². The van der Waals surface area contributed by atoms with Gasteiger partial charge in [-0.15, -0.1) is 0 Å². The van der Waals surface area contributed by atoms with Crippen LogP contribution in [0.5, 0.6) is 0 Å². The molecule has 0 saturated carbocycles. The second-order valence-corrected chi connectivity index (χ2v) is 4.80. The molecule has 3 heterocycles. The summed E-state index contributed by atoms with van der Waals surface area (Å²) in [6, 6.07) is 7.71. The number of dihydropyridines is 1. The smallest absolute Gasteiger partial charge is 0.130 e. The molecular weight excluding hydrogens is 278 g/mol. The van der Waals surface area contributed by atoms with Gasteiger partial charge < -0.3 is 20.4 Å². The van der Waals surface area contributed by atoms with Crippen LogP contribution in [0.4, 0.5) is 0 Å². The highest BCUT2D eigenvalue weighted by molar-refractivity contribution is 5.53. The summed E-state index contributed by atoms with van der Waals surface area (Å²) in [4.78, 5) is 1.78. The van der Waals surface area contributed by atoms with Gasteiger partial charge in [0.2, 0.25) is 0 Å². The first-order valence-electron chi connectivity index (χ1n) is 6.72. The Morgan fingerprint density at radius 3 is 2.55 bits per heavy atom. The standard InChI is InChI=1S/C16H13N5O/c17-9-11-14(13-5-4-8-22-13)12(10-18)16(20-15(11)19)21-6-2-1-3-7-21/h2-8,14,20H,1,19H2. The number of furan rings is 1. The summed E-state index contributed by atoms with van der Waals surface area (Å²) in [6.45, 7) is 0. The van der Waals surface area contributed by atoms with Crippen molar-refractivity contribution >= 4 is 0 Å². The first-order chi connectivity index (χ1) is 10.8. The fraction of sp³-hybridized carbons (Fsp3) is 0.125. The summed E-state index contributed by atoms with van der Waals surface area (Å²) in [5.41, 5.74) is 6.65. The Hall–Kier alpha value is -3.38. The molecule has 3 rings (SSSR count). The third kappa shape index (κ3) is 2.13. The Labute approximate surface area is 127 Å². The van der Waals surface area contributed by atoms with E-state index in [0.717, 1.165) is 6.42 Å². The van der Waals surface area contributed by atoms with Crippen LogP contribution in [-0.2, 0) is 0 Å². The monoisotopic (exact) mass is 291 g/mol. The van der Waals surface area contributed by atoms with Gasteiger partial charge in [-0.25, -0.2) is 0 Å². The Balaban J connectivity index is 2.15. The van der Waals surface area contributed by atoms with Crippen LogP contribution in [0.1, 0.15) is 18.1 Å². The van der Waals surface area contributed by atoms with Gasteiger partial charge in [0.05, 0.1) is 35.5 Å². The van der Waals surface area contributed by atoms with Crippen LogP contribution < -0.4 is 11.1 Å². The summed E-state index contributed by atoms with van der Waals surface area (Å²) < 4.78 is 5.41. The molecule has 0 fully saturated rings. The molecule has 1 aromatic heterocycles. The van der Waals surface area contributed by atoms with Crippen LogP contribution in [-0.4, -0.2) is 4.90 Å². The Kier molecular flexibility index (Phi) is 3.43. The van der Waals surface area contributed by atoms with E-state index in [1.807, 2.05) is 24.6 Å². The lowest BCUT2D eigenvalue weighted by Gasteiger charge is -2.30. The fourth-order valence-corrected chi connectivity index (χ4v) is 2.51. The van der Waals surface area contributed by atoms with Crippen LogP contribution in [0.3, 0.4) is 0 Å². The minimum Gasteiger partial charge on any atom is -0.468 e. The van der Waals surface area contributed by atoms with Crippen LogP contribution in [0, 0.1) is 22.7 Å². The SMILES string of the molecule is N#CC1=C(N)NC(N2C=CCC=C2)=C(C#N)C1c1ccco1. The number of rotatable bonds is 2. The average Bonchev–Trinajstić information content (AvgIpc) is 3.08. The summed E-state index contributed by atoms with van der Waals surface area (Å²) in [7, 11) is 0. The van der Waals surface area contributed by atoms with Gasteiger partial charge in [0.1, 0.15) is 17.4 Å². The number of allylic oxidation sites excluding steroid dienone is 4. The van der Waals surface area contributed by atoms with E-state index in [-0.39, 0.29) is 11.4 Å². The number of hydrogen-bond acceptors (Lipinski definition) is 6. The third-order valence-corrected chi connectivity index (χ3v) is 3.51. The van der Waals surface area contributed by atoms with Crippen LogP contribution in [0.25, 0.3) is 0 Å². The maximum Gasteiger partial charge on any atom is 0.130 e. The van der Waals surface area contributed by atoms with Gasteiger partial charge in [0, 0.05) is 12.4 Å². The molecule has 0 radical (unpaired) electrons. The largest absolute Gasteiger partial charge is 0.468 e. The van der Waals surface area contributed by atoms with Crippen molar-refractivity contribution < 1.29 is 4.42 Å². The normalized spacial score (nSPS) is 20.6. The average molecular weight is 291 g/mol. The summed E-state index contributed by atoms with van der Waals surface area (Å²) >= 11 is 0. The lowest BCUT2D eigenvalue weighted by molar-refractivity contribution is 0.483. The van der Waals surface area contributed by atoms with Crippen molar-refractivity contribution in [3.63, 3.8) is 0 Å². The van der Waals surface area contributed by atoms with E-state index in [9.17, 15) is 10.5 Å². The van der Waals surface area contributed by atoms with E-state index in [1.165, 1.54) is 6.26 Å². The highest BCUT2D eigenvalue weighted by Crippen LogP contribution is 2.37. The van der Waals surface area contributed by atoms with Gasteiger partial charge in [0.15, 0.2) is 0 Å². The first-order valence-corrected chi connectivity index (χ1v) is 6.72. The Bertz CT molecular complexity index is 771. The van der Waals surface area contributed by atoms with E-state index in [1.54, 1.807) is 17.0 Å². The molecule has 0 saturated heterocycles. The second-order valence-electron chi connectivity index (χ2n) is 4.80. The van der Waals surface area contributed by atoms with Gasteiger partial charge in [-0.05, 0) is 18.6 Å². The van der Waals surface area contributed by atoms with E-state index in [2.05, 4.69) is 17.5 Å². The van der Waals surface area contributed by atoms with Gasteiger partial charge in [0.25, 0.3) is 0 Å². The van der Waals surface area contributed by atoms with Crippen molar-refractivity contribution in [3.8, 4) is 12.1 Å². The van der Waals surface area contributed by atoms with Crippen molar-refractivity contribution in [2.75, 3.05) is 0 Å². The summed E-state index contributed by atoms with van der Waals surface area (Å²) in [5, 5.41) is 22.0. The first kappa shape index (κ1) is 13.6. The van der Waals surface area contributed by atoms with Crippen LogP contribution >= 0.6 is 0 Å². The van der Waals surface area contributed by atoms with Crippen molar-refractivity contribution in [1.29, 1.82) is 10.5 Å². The van der Waals surface area contributed by atoms with Gasteiger partial charge >= 0.3 is 0 Å². The number of nitrogens with one attached hydrogen (secondary N) is 1. The van der Waals surface area contributed by atoms with Gasteiger partial charge in [-0.1, -0.05) is 12.2 Å². The zero-order chi connectivity index (χ0) is 15.5. The number of nitrogens with zero attached hydrogens (tertiary/aromatic N) is 3. The lowest BCUT2D eigenvalue weighted by atomic mass is 9.87. The molecule has 3 N–H and O–H groups in total. The topological polar surface area (TPSA) is 102 Å². The molecule has 108 valence electrons. The molecule has 2 aliphatic heterocycles. The zero-order valence-electron chi connectivity index (χ0n) is 11.7. The predicted octanol–water partition coefficient (Wildman–Crippen LogP) is 2.13. The number of nitriles is 2. The maximum atomic E-state index is 9.62. The molecule has 0 spiro atoms. The molecule has 2 aliphatic rings. The van der Waals surface area contributed by atoms with Crippen molar-refractivity contribution in [1.82, 2.24) is 10.2 Å². The summed E-state index contributed by atoms with van der Waals surface area (Å²) in [5.74, 6) is 0.669. The highest BCUT2D eigenvalue weighted by Gasteiger charge is 2.34. The minimum absolute atomic E-state index is 0.227. The molecule has 0 aliphatic carbocycles. The van der Waals surface area contributed by atoms with Gasteiger partial charge in [-0.3, -0.25) is 0 Å². The third-order valence-electron chi connectivity index (χ3n) is 3.51. The molecule has 0 amide bonds. The molecule has 22 heavy (non-hydrogen) atoms. The Morgan fingerprint density at radius 2 is 1.95 bits per heavy atom. The van der Waals surface area contributed by atoms with Crippen LogP contribution in [0.15, 0.2) is 70.2 Å². The van der Waals surface area contributed by atoms with E-state index < -0.39 is 5.92 Å². The maximum absolute atomic E-state index is 9.62. The van der Waals surface area contributed by atoms with E-state index >= 15 is 0 Å². The van der Waals surface area contributed by atoms with Gasteiger partial charge in [-0.2, -0.15) is 10.5 Å². The molecule has 1 unspecified atom stereocenters. The highest BCUT2D eigenvalue weighted by atomic mass is 16.3. The molecule has 1 aromatic rings. The van der Waals surface area contributed by atoms with E-state index in [4.69, 9.17) is 10.2 Å². The number of nitrogens with two attached hydrogens (primary N) is 1. The second kappa shape index (κ2) is 5.55.